The number of nitrogens with zero attached hydrogens (tertiary/aromatic N) is 2. The lowest BCUT2D eigenvalue weighted by molar-refractivity contribution is -0.116. The average molecular weight is 450 g/mol. The van der Waals surface area contributed by atoms with Crippen molar-refractivity contribution >= 4 is 40.0 Å². The number of para-hydroxylation sites is 1. The number of nitrogens with one attached hydrogen (secondary N) is 2. The second kappa shape index (κ2) is 7.88. The van der Waals surface area contributed by atoms with E-state index in [0.29, 0.717) is 29.8 Å². The maximum absolute atomic E-state index is 13.4. The standard InChI is InChI=1S/C27H22N4O3/c32-24(29-18-12-11-17-13-14-28-22(17)16-18)10-5-15-30-25-19-6-1-2-7-20(19)27(34)31(25)23-9-4-3-8-21(23)26(30)33/h1-4,6-9,11-14,16,25,28H,5,10,15H2,(H,29,32)/t25-/m1/s1. The number of carbonyl (C=O) groups excluding carboxylic acids is 3. The number of rotatable bonds is 5. The maximum atomic E-state index is 13.4. The molecule has 2 aliphatic heterocycles. The van der Waals surface area contributed by atoms with Gasteiger partial charge in [0.05, 0.1) is 11.3 Å². The monoisotopic (exact) mass is 450 g/mol. The normalized spacial score (nSPS) is 16.4. The van der Waals surface area contributed by atoms with Crippen LogP contribution in [0.5, 0.6) is 0 Å². The van der Waals surface area contributed by atoms with E-state index < -0.39 is 6.17 Å². The zero-order chi connectivity index (χ0) is 23.2. The number of fused-ring (bicyclic) bond motifs is 6. The molecule has 3 amide bonds. The van der Waals surface area contributed by atoms with Gasteiger partial charge in [0.15, 0.2) is 0 Å². The van der Waals surface area contributed by atoms with Gasteiger partial charge in [-0.15, -0.1) is 0 Å². The van der Waals surface area contributed by atoms with Crippen LogP contribution in [0.15, 0.2) is 79.0 Å². The van der Waals surface area contributed by atoms with Crippen molar-refractivity contribution in [3.05, 3.63) is 95.7 Å². The van der Waals surface area contributed by atoms with Crippen molar-refractivity contribution in [2.24, 2.45) is 0 Å². The molecule has 168 valence electrons. The summed E-state index contributed by atoms with van der Waals surface area (Å²) in [4.78, 5) is 45.8. The first-order chi connectivity index (χ1) is 16.6. The highest BCUT2D eigenvalue weighted by atomic mass is 16.2. The molecule has 4 aromatic rings. The van der Waals surface area contributed by atoms with Crippen LogP contribution in [-0.2, 0) is 4.79 Å². The summed E-state index contributed by atoms with van der Waals surface area (Å²) in [7, 11) is 0. The number of anilines is 2. The third-order valence-electron chi connectivity index (χ3n) is 6.52. The molecular formula is C27H22N4O3. The van der Waals surface area contributed by atoms with Gasteiger partial charge in [0.2, 0.25) is 5.91 Å². The van der Waals surface area contributed by atoms with Gasteiger partial charge in [0.25, 0.3) is 11.8 Å². The molecule has 34 heavy (non-hydrogen) atoms. The lowest BCUT2D eigenvalue weighted by Gasteiger charge is -2.41. The van der Waals surface area contributed by atoms with Crippen molar-refractivity contribution in [1.82, 2.24) is 9.88 Å². The molecule has 3 heterocycles. The lowest BCUT2D eigenvalue weighted by atomic mass is 10.0. The number of carbonyl (C=O) groups is 3. The first-order valence-corrected chi connectivity index (χ1v) is 11.3. The summed E-state index contributed by atoms with van der Waals surface area (Å²) in [6.45, 7) is 0.360. The van der Waals surface area contributed by atoms with Gasteiger partial charge in [-0.2, -0.15) is 0 Å². The molecule has 0 unspecified atom stereocenters. The summed E-state index contributed by atoms with van der Waals surface area (Å²) in [5.74, 6) is -0.350. The minimum absolute atomic E-state index is 0.108. The molecule has 0 saturated carbocycles. The highest BCUT2D eigenvalue weighted by molar-refractivity contribution is 6.16. The molecule has 2 N–H and O–H groups in total. The molecule has 0 fully saturated rings. The average Bonchev–Trinajstić information content (AvgIpc) is 3.44. The lowest BCUT2D eigenvalue weighted by Crippen LogP contribution is -2.48. The number of hydrogen-bond acceptors (Lipinski definition) is 3. The van der Waals surface area contributed by atoms with Gasteiger partial charge in [-0.05, 0) is 48.2 Å². The summed E-state index contributed by atoms with van der Waals surface area (Å²) in [5, 5.41) is 4.01. The van der Waals surface area contributed by atoms with Crippen LogP contribution in [0.4, 0.5) is 11.4 Å². The molecule has 0 aliphatic carbocycles. The summed E-state index contributed by atoms with van der Waals surface area (Å²) in [6, 6.07) is 22.3. The number of amides is 3. The minimum Gasteiger partial charge on any atom is -0.361 e. The third-order valence-corrected chi connectivity index (χ3v) is 6.52. The van der Waals surface area contributed by atoms with E-state index in [1.807, 2.05) is 60.8 Å². The predicted octanol–water partition coefficient (Wildman–Crippen LogP) is 4.70. The minimum atomic E-state index is -0.496. The van der Waals surface area contributed by atoms with Gasteiger partial charge < -0.3 is 15.2 Å². The van der Waals surface area contributed by atoms with Crippen LogP contribution in [0.3, 0.4) is 0 Å². The second-order valence-corrected chi connectivity index (χ2v) is 8.58. The molecule has 6 rings (SSSR count). The highest BCUT2D eigenvalue weighted by Gasteiger charge is 2.47. The van der Waals surface area contributed by atoms with Crippen LogP contribution in [0.2, 0.25) is 0 Å². The fourth-order valence-electron chi connectivity index (χ4n) is 4.96. The molecule has 1 atom stereocenters. The van der Waals surface area contributed by atoms with Gasteiger partial charge in [0.1, 0.15) is 6.17 Å². The molecule has 0 saturated heterocycles. The van der Waals surface area contributed by atoms with Crippen molar-refractivity contribution in [3.63, 3.8) is 0 Å². The van der Waals surface area contributed by atoms with Crippen molar-refractivity contribution in [3.8, 4) is 0 Å². The number of hydrogen-bond donors (Lipinski definition) is 2. The van der Waals surface area contributed by atoms with Gasteiger partial charge in [-0.3, -0.25) is 19.3 Å². The van der Waals surface area contributed by atoms with Crippen LogP contribution < -0.4 is 10.2 Å². The Hall–Kier alpha value is -4.39. The Labute approximate surface area is 196 Å². The van der Waals surface area contributed by atoms with Crippen LogP contribution in [0.25, 0.3) is 10.9 Å². The van der Waals surface area contributed by atoms with E-state index >= 15 is 0 Å². The van der Waals surface area contributed by atoms with E-state index in [9.17, 15) is 14.4 Å². The number of aromatic nitrogens is 1. The van der Waals surface area contributed by atoms with Crippen molar-refractivity contribution < 1.29 is 14.4 Å². The van der Waals surface area contributed by atoms with Crippen LogP contribution >= 0.6 is 0 Å². The number of benzene rings is 3. The quantitative estimate of drug-likeness (QED) is 0.462. The maximum Gasteiger partial charge on any atom is 0.260 e. The third kappa shape index (κ3) is 3.16. The van der Waals surface area contributed by atoms with Crippen LogP contribution in [0.1, 0.15) is 45.3 Å². The molecule has 3 aromatic carbocycles. The molecule has 2 aliphatic rings. The molecule has 1 aromatic heterocycles. The van der Waals surface area contributed by atoms with E-state index in [-0.39, 0.29) is 24.1 Å². The Morgan fingerprint density at radius 1 is 0.912 bits per heavy atom. The zero-order valence-corrected chi connectivity index (χ0v) is 18.3. The van der Waals surface area contributed by atoms with Crippen molar-refractivity contribution in [1.29, 1.82) is 0 Å². The highest BCUT2D eigenvalue weighted by Crippen LogP contribution is 2.45. The molecular weight excluding hydrogens is 428 g/mol. The Bertz CT molecular complexity index is 1460. The van der Waals surface area contributed by atoms with E-state index in [1.165, 1.54) is 0 Å². The summed E-state index contributed by atoms with van der Waals surface area (Å²) in [6.07, 6.45) is 2.10. The van der Waals surface area contributed by atoms with Gasteiger partial charge >= 0.3 is 0 Å². The number of aromatic amines is 1. The fraction of sp³-hybridized carbons (Fsp3) is 0.148. The Balaban J connectivity index is 1.21. The van der Waals surface area contributed by atoms with Gasteiger partial charge in [0, 0.05) is 41.5 Å². The summed E-state index contributed by atoms with van der Waals surface area (Å²) in [5.41, 5.74) is 4.25. The van der Waals surface area contributed by atoms with E-state index in [4.69, 9.17) is 0 Å². The van der Waals surface area contributed by atoms with Crippen molar-refractivity contribution in [2.75, 3.05) is 16.8 Å². The zero-order valence-electron chi connectivity index (χ0n) is 18.3. The Morgan fingerprint density at radius 3 is 2.59 bits per heavy atom. The molecule has 7 heteroatoms. The van der Waals surface area contributed by atoms with Gasteiger partial charge in [-0.25, -0.2) is 0 Å². The first kappa shape index (κ1) is 20.2. The summed E-state index contributed by atoms with van der Waals surface area (Å²) < 4.78 is 0. The van der Waals surface area contributed by atoms with E-state index in [1.54, 1.807) is 28.0 Å². The van der Waals surface area contributed by atoms with Crippen LogP contribution in [0, 0.1) is 0 Å². The first-order valence-electron chi connectivity index (χ1n) is 11.3. The fourth-order valence-corrected chi connectivity index (χ4v) is 4.96. The van der Waals surface area contributed by atoms with Gasteiger partial charge in [-0.1, -0.05) is 36.4 Å². The molecule has 0 spiro atoms. The molecule has 7 nitrogen and oxygen atoms in total. The SMILES string of the molecule is O=C(CCCN1C(=O)c2ccccc2N2C(=O)c3ccccc3[C@H]12)Nc1ccc2cc[nH]c2c1. The predicted molar refractivity (Wildman–Crippen MR) is 130 cm³/mol. The molecule has 0 radical (unpaired) electrons. The van der Waals surface area contributed by atoms with E-state index in [2.05, 4.69) is 10.3 Å². The largest absolute Gasteiger partial charge is 0.361 e. The summed E-state index contributed by atoms with van der Waals surface area (Å²) >= 11 is 0. The molecule has 0 bridgehead atoms. The smallest absolute Gasteiger partial charge is 0.260 e. The Kier molecular flexibility index (Phi) is 4.69. The van der Waals surface area contributed by atoms with Crippen molar-refractivity contribution in [2.45, 2.75) is 19.0 Å². The second-order valence-electron chi connectivity index (χ2n) is 8.58. The van der Waals surface area contributed by atoms with Crippen LogP contribution in [-0.4, -0.2) is 34.2 Å². The topological polar surface area (TPSA) is 85.5 Å². The van der Waals surface area contributed by atoms with E-state index in [0.717, 1.165) is 22.2 Å². The Morgan fingerprint density at radius 2 is 1.71 bits per heavy atom. The number of H-pyrrole nitrogens is 1.